The van der Waals surface area contributed by atoms with Gasteiger partial charge in [0, 0.05) is 18.8 Å². The third-order valence-electron chi connectivity index (χ3n) is 2.72. The fourth-order valence-corrected chi connectivity index (χ4v) is 2.11. The Hall–Kier alpha value is -1.86. The molecule has 0 aliphatic rings. The number of alkyl carbamates (subject to hydrolysis) is 1. The SMILES string of the molecule is C[C@@H](CNC(=O)OC(C)(C)C)Nc1nc(Cl)ncc1Br.c1ccccc1. The lowest BCUT2D eigenvalue weighted by Gasteiger charge is -2.21. The molecule has 0 fully saturated rings. The van der Waals surface area contributed by atoms with Gasteiger partial charge in [-0.05, 0) is 55.2 Å². The van der Waals surface area contributed by atoms with Crippen molar-refractivity contribution >= 4 is 39.4 Å². The molecule has 2 N–H and O–H groups in total. The molecule has 26 heavy (non-hydrogen) atoms. The lowest BCUT2D eigenvalue weighted by atomic mass is 10.2. The highest BCUT2D eigenvalue weighted by Crippen LogP contribution is 2.20. The second-order valence-electron chi connectivity index (χ2n) is 6.42. The number of amides is 1. The lowest BCUT2D eigenvalue weighted by Crippen LogP contribution is -2.38. The first-order valence-corrected chi connectivity index (χ1v) is 9.26. The zero-order chi connectivity index (χ0) is 19.6. The van der Waals surface area contributed by atoms with Crippen molar-refractivity contribution in [3.63, 3.8) is 0 Å². The summed E-state index contributed by atoms with van der Waals surface area (Å²) in [6, 6.07) is 11.9. The fraction of sp³-hybridized carbons (Fsp3) is 0.389. The number of benzene rings is 1. The number of carbonyl (C=O) groups is 1. The molecule has 1 atom stereocenters. The average molecular weight is 444 g/mol. The van der Waals surface area contributed by atoms with E-state index in [1.165, 1.54) is 0 Å². The molecule has 0 saturated carbocycles. The van der Waals surface area contributed by atoms with Gasteiger partial charge in [0.1, 0.15) is 11.4 Å². The predicted octanol–water partition coefficient (Wildman–Crippen LogP) is 4.90. The summed E-state index contributed by atoms with van der Waals surface area (Å²) in [5, 5.41) is 5.95. The van der Waals surface area contributed by atoms with Crippen LogP contribution in [-0.2, 0) is 4.74 Å². The molecule has 6 nitrogen and oxygen atoms in total. The molecular weight excluding hydrogens is 420 g/mol. The van der Waals surface area contributed by atoms with Gasteiger partial charge in [-0.3, -0.25) is 0 Å². The Bertz CT molecular complexity index is 654. The van der Waals surface area contributed by atoms with Crippen molar-refractivity contribution in [2.45, 2.75) is 39.3 Å². The van der Waals surface area contributed by atoms with Gasteiger partial charge in [0.05, 0.1) is 4.47 Å². The highest BCUT2D eigenvalue weighted by Gasteiger charge is 2.16. The van der Waals surface area contributed by atoms with Crippen molar-refractivity contribution < 1.29 is 9.53 Å². The van der Waals surface area contributed by atoms with Gasteiger partial charge in [0.2, 0.25) is 5.28 Å². The highest BCUT2D eigenvalue weighted by molar-refractivity contribution is 9.10. The molecule has 1 aromatic carbocycles. The third kappa shape index (κ3) is 10.2. The van der Waals surface area contributed by atoms with E-state index < -0.39 is 11.7 Å². The first-order valence-electron chi connectivity index (χ1n) is 8.09. The maximum Gasteiger partial charge on any atom is 0.407 e. The van der Waals surface area contributed by atoms with Crippen molar-refractivity contribution in [1.82, 2.24) is 15.3 Å². The van der Waals surface area contributed by atoms with Crippen LogP contribution in [0.15, 0.2) is 47.1 Å². The van der Waals surface area contributed by atoms with Gasteiger partial charge >= 0.3 is 6.09 Å². The minimum absolute atomic E-state index is 0.0511. The summed E-state index contributed by atoms with van der Waals surface area (Å²) in [6.45, 7) is 7.74. The first-order chi connectivity index (χ1) is 12.2. The number of halogens is 2. The van der Waals surface area contributed by atoms with E-state index in [2.05, 4.69) is 36.5 Å². The van der Waals surface area contributed by atoms with Crippen molar-refractivity contribution in [1.29, 1.82) is 0 Å². The maximum absolute atomic E-state index is 11.5. The lowest BCUT2D eigenvalue weighted by molar-refractivity contribution is 0.0526. The van der Waals surface area contributed by atoms with Crippen LogP contribution >= 0.6 is 27.5 Å². The summed E-state index contributed by atoms with van der Waals surface area (Å²) < 4.78 is 5.85. The first kappa shape index (κ1) is 22.2. The van der Waals surface area contributed by atoms with Crippen LogP contribution in [0.2, 0.25) is 5.28 Å². The van der Waals surface area contributed by atoms with Crippen LogP contribution in [0.1, 0.15) is 27.7 Å². The van der Waals surface area contributed by atoms with Crippen LogP contribution in [0, 0.1) is 0 Å². The van der Waals surface area contributed by atoms with Crippen LogP contribution < -0.4 is 10.6 Å². The number of ether oxygens (including phenoxy) is 1. The Morgan fingerprint density at radius 1 is 1.23 bits per heavy atom. The Morgan fingerprint density at radius 3 is 2.27 bits per heavy atom. The minimum Gasteiger partial charge on any atom is -0.444 e. The highest BCUT2D eigenvalue weighted by atomic mass is 79.9. The number of hydrogen-bond donors (Lipinski definition) is 2. The van der Waals surface area contributed by atoms with Crippen molar-refractivity contribution in [2.75, 3.05) is 11.9 Å². The fourth-order valence-electron chi connectivity index (χ4n) is 1.67. The van der Waals surface area contributed by atoms with E-state index in [0.29, 0.717) is 16.8 Å². The van der Waals surface area contributed by atoms with E-state index in [9.17, 15) is 4.79 Å². The zero-order valence-electron chi connectivity index (χ0n) is 15.3. The molecule has 0 bridgehead atoms. The van der Waals surface area contributed by atoms with Crippen LogP contribution in [0.4, 0.5) is 10.6 Å². The monoisotopic (exact) mass is 442 g/mol. The van der Waals surface area contributed by atoms with Crippen LogP contribution in [0.5, 0.6) is 0 Å². The molecule has 2 rings (SSSR count). The molecule has 1 heterocycles. The van der Waals surface area contributed by atoms with E-state index in [1.807, 2.05) is 64.1 Å². The summed E-state index contributed by atoms with van der Waals surface area (Å²) in [7, 11) is 0. The summed E-state index contributed by atoms with van der Waals surface area (Å²) in [4.78, 5) is 19.4. The quantitative estimate of drug-likeness (QED) is 0.657. The Labute approximate surface area is 167 Å². The zero-order valence-corrected chi connectivity index (χ0v) is 17.6. The van der Waals surface area contributed by atoms with Crippen molar-refractivity contribution in [2.24, 2.45) is 0 Å². The van der Waals surface area contributed by atoms with Crippen LogP contribution in [-0.4, -0.2) is 34.2 Å². The number of rotatable bonds is 4. The predicted molar refractivity (Wildman–Crippen MR) is 109 cm³/mol. The molecular formula is C18H24BrClN4O2. The molecule has 142 valence electrons. The summed E-state index contributed by atoms with van der Waals surface area (Å²) in [5.41, 5.74) is -0.510. The molecule has 2 aromatic rings. The number of carbonyl (C=O) groups excluding carboxylic acids is 1. The van der Waals surface area contributed by atoms with E-state index in [-0.39, 0.29) is 11.3 Å². The molecule has 0 aliphatic heterocycles. The van der Waals surface area contributed by atoms with E-state index in [1.54, 1.807) is 6.20 Å². The minimum atomic E-state index is -0.510. The van der Waals surface area contributed by atoms with Gasteiger partial charge in [-0.1, -0.05) is 36.4 Å². The van der Waals surface area contributed by atoms with Crippen LogP contribution in [0.25, 0.3) is 0 Å². The van der Waals surface area contributed by atoms with E-state index in [4.69, 9.17) is 16.3 Å². The van der Waals surface area contributed by atoms with Crippen molar-refractivity contribution in [3.8, 4) is 0 Å². The number of nitrogens with one attached hydrogen (secondary N) is 2. The largest absolute Gasteiger partial charge is 0.444 e. The molecule has 8 heteroatoms. The average Bonchev–Trinajstić information content (AvgIpc) is 2.57. The second kappa shape index (κ2) is 11.0. The smallest absolute Gasteiger partial charge is 0.407 e. The normalized spacial score (nSPS) is 11.6. The molecule has 0 radical (unpaired) electrons. The number of hydrogen-bond acceptors (Lipinski definition) is 5. The topological polar surface area (TPSA) is 76.1 Å². The van der Waals surface area contributed by atoms with Gasteiger partial charge in [0.25, 0.3) is 0 Å². The van der Waals surface area contributed by atoms with Gasteiger partial charge < -0.3 is 15.4 Å². The van der Waals surface area contributed by atoms with E-state index in [0.717, 1.165) is 0 Å². The number of aromatic nitrogens is 2. The molecule has 1 amide bonds. The van der Waals surface area contributed by atoms with Gasteiger partial charge in [-0.25, -0.2) is 9.78 Å². The third-order valence-corrected chi connectivity index (χ3v) is 3.48. The standard InChI is InChI=1S/C12H18BrClN4O2.C6H6/c1-7(5-16-11(19)20-12(2,3)4)17-9-8(13)6-15-10(14)18-9;1-2-4-6-5-3-1/h6-7H,5H2,1-4H3,(H,16,19)(H,15,17,18);1-6H/t7-;/m0./s1. The van der Waals surface area contributed by atoms with Gasteiger partial charge in [-0.15, -0.1) is 0 Å². The Kier molecular flexibility index (Phi) is 9.37. The number of nitrogens with zero attached hydrogens (tertiary/aromatic N) is 2. The summed E-state index contributed by atoms with van der Waals surface area (Å²) in [6.07, 6.45) is 1.11. The maximum atomic E-state index is 11.5. The van der Waals surface area contributed by atoms with Gasteiger partial charge in [0.15, 0.2) is 0 Å². The molecule has 1 aromatic heterocycles. The Balaban J connectivity index is 0.000000472. The molecule has 0 aliphatic carbocycles. The molecule has 0 spiro atoms. The summed E-state index contributed by atoms with van der Waals surface area (Å²) in [5.74, 6) is 0.573. The summed E-state index contributed by atoms with van der Waals surface area (Å²) >= 11 is 9.05. The molecule has 0 saturated heterocycles. The second-order valence-corrected chi connectivity index (χ2v) is 7.61. The molecule has 0 unspecified atom stereocenters. The van der Waals surface area contributed by atoms with Gasteiger partial charge in [-0.2, -0.15) is 4.98 Å². The van der Waals surface area contributed by atoms with Crippen LogP contribution in [0.3, 0.4) is 0 Å². The van der Waals surface area contributed by atoms with E-state index >= 15 is 0 Å². The Morgan fingerprint density at radius 2 is 1.77 bits per heavy atom. The van der Waals surface area contributed by atoms with Crippen molar-refractivity contribution in [3.05, 3.63) is 52.4 Å². The number of anilines is 1.